The molecular weight excluding hydrogens is 262 g/mol. The number of ether oxygens (including phenoxy) is 1. The van der Waals surface area contributed by atoms with Crippen molar-refractivity contribution >= 4 is 0 Å². The minimum atomic E-state index is 0.187. The SMILES string of the molecule is CC(C)COc1ccc(C(C)NC(C)c2ccco2)cc1. The maximum Gasteiger partial charge on any atom is 0.120 e. The lowest BCUT2D eigenvalue weighted by Gasteiger charge is -2.19. The van der Waals surface area contributed by atoms with Crippen LogP contribution < -0.4 is 10.1 Å². The zero-order valence-electron chi connectivity index (χ0n) is 13.3. The summed E-state index contributed by atoms with van der Waals surface area (Å²) < 4.78 is 11.1. The highest BCUT2D eigenvalue weighted by Gasteiger charge is 2.13. The van der Waals surface area contributed by atoms with E-state index in [9.17, 15) is 0 Å². The van der Waals surface area contributed by atoms with Crippen LogP contribution in [-0.4, -0.2) is 6.61 Å². The molecule has 0 aliphatic rings. The highest BCUT2D eigenvalue weighted by molar-refractivity contribution is 5.29. The van der Waals surface area contributed by atoms with Crippen molar-refractivity contribution in [2.75, 3.05) is 6.61 Å². The monoisotopic (exact) mass is 287 g/mol. The molecule has 0 saturated carbocycles. The van der Waals surface area contributed by atoms with Gasteiger partial charge in [-0.05, 0) is 49.6 Å². The van der Waals surface area contributed by atoms with Crippen LogP contribution in [0.25, 0.3) is 0 Å². The highest BCUT2D eigenvalue weighted by atomic mass is 16.5. The van der Waals surface area contributed by atoms with Gasteiger partial charge in [0.2, 0.25) is 0 Å². The summed E-state index contributed by atoms with van der Waals surface area (Å²) in [5, 5.41) is 3.53. The molecule has 1 aromatic heterocycles. The lowest BCUT2D eigenvalue weighted by Crippen LogP contribution is -2.22. The van der Waals surface area contributed by atoms with Crippen molar-refractivity contribution in [2.45, 2.75) is 39.8 Å². The van der Waals surface area contributed by atoms with Gasteiger partial charge in [-0.1, -0.05) is 26.0 Å². The first-order valence-electron chi connectivity index (χ1n) is 7.58. The van der Waals surface area contributed by atoms with Crippen LogP contribution in [0.5, 0.6) is 5.75 Å². The van der Waals surface area contributed by atoms with Crippen molar-refractivity contribution in [1.82, 2.24) is 5.32 Å². The molecule has 2 unspecified atom stereocenters. The lowest BCUT2D eigenvalue weighted by atomic mass is 10.1. The summed E-state index contributed by atoms with van der Waals surface area (Å²) >= 11 is 0. The molecule has 114 valence electrons. The first-order chi connectivity index (χ1) is 10.1. The molecule has 2 atom stereocenters. The summed E-state index contributed by atoms with van der Waals surface area (Å²) in [6, 6.07) is 12.6. The van der Waals surface area contributed by atoms with Gasteiger partial charge in [-0.3, -0.25) is 0 Å². The summed E-state index contributed by atoms with van der Waals surface area (Å²) in [4.78, 5) is 0. The van der Waals surface area contributed by atoms with Gasteiger partial charge in [0.15, 0.2) is 0 Å². The van der Waals surface area contributed by atoms with Crippen molar-refractivity contribution in [3.8, 4) is 5.75 Å². The third kappa shape index (κ3) is 4.64. The Morgan fingerprint density at radius 3 is 2.29 bits per heavy atom. The summed E-state index contributed by atoms with van der Waals surface area (Å²) in [5.41, 5.74) is 1.24. The third-order valence-corrected chi connectivity index (χ3v) is 3.43. The molecule has 0 radical (unpaired) electrons. The minimum Gasteiger partial charge on any atom is -0.493 e. The molecule has 3 nitrogen and oxygen atoms in total. The van der Waals surface area contributed by atoms with E-state index in [4.69, 9.17) is 9.15 Å². The molecule has 0 amide bonds. The van der Waals surface area contributed by atoms with E-state index in [-0.39, 0.29) is 12.1 Å². The average molecular weight is 287 g/mol. The van der Waals surface area contributed by atoms with E-state index in [2.05, 4.69) is 45.1 Å². The Kier molecular flexibility index (Phi) is 5.45. The summed E-state index contributed by atoms with van der Waals surface area (Å²) in [6.07, 6.45) is 1.71. The van der Waals surface area contributed by atoms with Gasteiger partial charge < -0.3 is 14.5 Å². The molecule has 2 rings (SSSR count). The van der Waals surface area contributed by atoms with Crippen molar-refractivity contribution in [3.63, 3.8) is 0 Å². The summed E-state index contributed by atoms with van der Waals surface area (Å²) in [7, 11) is 0. The lowest BCUT2D eigenvalue weighted by molar-refractivity contribution is 0.271. The molecule has 2 aromatic rings. The van der Waals surface area contributed by atoms with Gasteiger partial charge in [-0.2, -0.15) is 0 Å². The largest absolute Gasteiger partial charge is 0.493 e. The molecule has 0 aliphatic heterocycles. The highest BCUT2D eigenvalue weighted by Crippen LogP contribution is 2.22. The smallest absolute Gasteiger partial charge is 0.120 e. The van der Waals surface area contributed by atoms with Crippen molar-refractivity contribution in [1.29, 1.82) is 0 Å². The second-order valence-electron chi connectivity index (χ2n) is 5.90. The quantitative estimate of drug-likeness (QED) is 0.799. The maximum absolute atomic E-state index is 5.71. The Balaban J connectivity index is 1.91. The van der Waals surface area contributed by atoms with Gasteiger partial charge in [-0.15, -0.1) is 0 Å². The summed E-state index contributed by atoms with van der Waals surface area (Å²) in [6.45, 7) is 9.31. The topological polar surface area (TPSA) is 34.4 Å². The minimum absolute atomic E-state index is 0.187. The molecular formula is C18H25NO2. The van der Waals surface area contributed by atoms with Crippen LogP contribution in [0.2, 0.25) is 0 Å². The Bertz CT molecular complexity index is 517. The zero-order chi connectivity index (χ0) is 15.2. The standard InChI is InChI=1S/C18H25NO2/c1-13(2)12-21-17-9-7-16(8-10-17)14(3)19-15(4)18-6-5-11-20-18/h5-11,13-15,19H,12H2,1-4H3. The zero-order valence-corrected chi connectivity index (χ0v) is 13.3. The van der Waals surface area contributed by atoms with E-state index in [0.29, 0.717) is 5.92 Å². The van der Waals surface area contributed by atoms with Crippen molar-refractivity contribution in [3.05, 3.63) is 54.0 Å². The maximum atomic E-state index is 5.71. The Hall–Kier alpha value is -1.74. The molecule has 1 N–H and O–H groups in total. The van der Waals surface area contributed by atoms with Crippen LogP contribution in [-0.2, 0) is 0 Å². The molecule has 0 spiro atoms. The number of benzene rings is 1. The fourth-order valence-electron chi connectivity index (χ4n) is 2.21. The number of furan rings is 1. The van der Waals surface area contributed by atoms with Gasteiger partial charge >= 0.3 is 0 Å². The number of rotatable bonds is 7. The second-order valence-corrected chi connectivity index (χ2v) is 5.90. The molecule has 0 aliphatic carbocycles. The number of hydrogen-bond donors (Lipinski definition) is 1. The fraction of sp³-hybridized carbons (Fsp3) is 0.444. The van der Waals surface area contributed by atoms with Crippen LogP contribution in [0.3, 0.4) is 0 Å². The number of hydrogen-bond acceptors (Lipinski definition) is 3. The number of nitrogens with one attached hydrogen (secondary N) is 1. The average Bonchev–Trinajstić information content (AvgIpc) is 3.00. The van der Waals surface area contributed by atoms with E-state index in [1.807, 2.05) is 24.3 Å². The normalized spacial score (nSPS) is 14.1. The molecule has 0 saturated heterocycles. The van der Waals surface area contributed by atoms with Crippen LogP contribution in [0.1, 0.15) is 51.1 Å². The predicted octanol–water partition coefficient (Wildman–Crippen LogP) is 4.73. The molecule has 1 heterocycles. The second kappa shape index (κ2) is 7.32. The van der Waals surface area contributed by atoms with Gasteiger partial charge in [0.1, 0.15) is 11.5 Å². The third-order valence-electron chi connectivity index (χ3n) is 3.43. The van der Waals surface area contributed by atoms with E-state index in [1.54, 1.807) is 6.26 Å². The Morgan fingerprint density at radius 1 is 1.00 bits per heavy atom. The Morgan fingerprint density at radius 2 is 1.71 bits per heavy atom. The molecule has 0 bridgehead atoms. The van der Waals surface area contributed by atoms with E-state index >= 15 is 0 Å². The van der Waals surface area contributed by atoms with E-state index < -0.39 is 0 Å². The van der Waals surface area contributed by atoms with Gasteiger partial charge in [0, 0.05) is 6.04 Å². The van der Waals surface area contributed by atoms with Crippen LogP contribution >= 0.6 is 0 Å². The van der Waals surface area contributed by atoms with Crippen LogP contribution in [0.4, 0.5) is 0 Å². The summed E-state index contributed by atoms with van der Waals surface area (Å²) in [5.74, 6) is 2.43. The van der Waals surface area contributed by atoms with Crippen LogP contribution in [0.15, 0.2) is 47.1 Å². The van der Waals surface area contributed by atoms with E-state index in [1.165, 1.54) is 5.56 Å². The van der Waals surface area contributed by atoms with E-state index in [0.717, 1.165) is 18.1 Å². The first kappa shape index (κ1) is 15.6. The van der Waals surface area contributed by atoms with Gasteiger partial charge in [0.05, 0.1) is 18.9 Å². The first-order valence-corrected chi connectivity index (χ1v) is 7.58. The molecule has 3 heteroatoms. The van der Waals surface area contributed by atoms with Crippen molar-refractivity contribution in [2.24, 2.45) is 5.92 Å². The molecule has 21 heavy (non-hydrogen) atoms. The predicted molar refractivity (Wildman–Crippen MR) is 85.4 cm³/mol. The van der Waals surface area contributed by atoms with Gasteiger partial charge in [-0.25, -0.2) is 0 Å². The molecule has 0 fully saturated rings. The van der Waals surface area contributed by atoms with Gasteiger partial charge in [0.25, 0.3) is 0 Å². The fourth-order valence-corrected chi connectivity index (χ4v) is 2.21. The van der Waals surface area contributed by atoms with Crippen molar-refractivity contribution < 1.29 is 9.15 Å². The molecule has 1 aromatic carbocycles. The van der Waals surface area contributed by atoms with Crippen LogP contribution in [0, 0.1) is 5.92 Å². The Labute approximate surface area is 127 Å².